The highest BCUT2D eigenvalue weighted by molar-refractivity contribution is 7.89. The molecule has 0 spiro atoms. The monoisotopic (exact) mass is 397 g/mol. The van der Waals surface area contributed by atoms with E-state index in [0.717, 1.165) is 18.6 Å². The second kappa shape index (κ2) is 7.40. The molecule has 1 aromatic heterocycles. The van der Waals surface area contributed by atoms with E-state index >= 15 is 0 Å². The smallest absolute Gasteiger partial charge is 0.270 e. The van der Waals surface area contributed by atoms with E-state index in [9.17, 15) is 8.42 Å². The van der Waals surface area contributed by atoms with Gasteiger partial charge in [0.15, 0.2) is 5.58 Å². The number of piperidine rings is 1. The summed E-state index contributed by atoms with van der Waals surface area (Å²) < 4.78 is 40.2. The van der Waals surface area contributed by atoms with Crippen molar-refractivity contribution in [2.75, 3.05) is 39.4 Å². The lowest BCUT2D eigenvalue weighted by molar-refractivity contribution is 0.0730. The maximum atomic E-state index is 12.9. The van der Waals surface area contributed by atoms with Crippen LogP contribution in [0, 0.1) is 4.84 Å². The molecule has 142 valence electrons. The third-order valence-corrected chi connectivity index (χ3v) is 7.24. The number of aromatic nitrogens is 1. The molecule has 0 atom stereocenters. The van der Waals surface area contributed by atoms with Crippen LogP contribution in [-0.2, 0) is 21.4 Å². The number of rotatable bonds is 4. The molecule has 9 heteroatoms. The molecule has 2 saturated heterocycles. The van der Waals surface area contributed by atoms with Gasteiger partial charge in [-0.3, -0.25) is 9.47 Å². The fourth-order valence-corrected chi connectivity index (χ4v) is 5.25. The van der Waals surface area contributed by atoms with E-state index in [1.165, 1.54) is 23.6 Å². The third-order valence-electron chi connectivity index (χ3n) is 5.04. The Bertz CT molecular complexity index is 939. The Morgan fingerprint density at radius 3 is 2.50 bits per heavy atom. The summed E-state index contributed by atoms with van der Waals surface area (Å²) in [7, 11) is -3.54. The Morgan fingerprint density at radius 1 is 1.04 bits per heavy atom. The van der Waals surface area contributed by atoms with E-state index in [0.29, 0.717) is 43.4 Å². The molecule has 0 bridgehead atoms. The van der Waals surface area contributed by atoms with Gasteiger partial charge in [0.2, 0.25) is 10.0 Å². The van der Waals surface area contributed by atoms with E-state index in [-0.39, 0.29) is 4.90 Å². The van der Waals surface area contributed by atoms with Crippen molar-refractivity contribution in [3.8, 4) is 0 Å². The van der Waals surface area contributed by atoms with Crippen molar-refractivity contribution in [1.82, 2.24) is 13.8 Å². The Kier molecular flexibility index (Phi) is 5.15. The normalized spacial score (nSPS) is 20.6. The number of fused-ring (bicyclic) bond motifs is 1. The molecule has 3 heterocycles. The second-order valence-corrected chi connectivity index (χ2v) is 9.05. The first-order chi connectivity index (χ1) is 12.6. The molecular weight excluding hydrogens is 374 g/mol. The van der Waals surface area contributed by atoms with E-state index < -0.39 is 10.0 Å². The maximum absolute atomic E-state index is 12.9. The van der Waals surface area contributed by atoms with Crippen LogP contribution in [0.1, 0.15) is 19.3 Å². The molecule has 0 N–H and O–H groups in total. The number of hydrogen-bond donors (Lipinski definition) is 0. The van der Waals surface area contributed by atoms with Gasteiger partial charge < -0.3 is 9.15 Å². The highest BCUT2D eigenvalue weighted by Gasteiger charge is 2.27. The van der Waals surface area contributed by atoms with E-state index in [1.807, 2.05) is 4.57 Å². The minimum absolute atomic E-state index is 0.273. The number of oxazole rings is 1. The SMILES string of the molecule is O=S(=O)(c1ccc2oc(=S)n(CN3CCCCC3)c2c1)N1CCOCC1. The molecule has 0 unspecified atom stereocenters. The number of benzene rings is 1. The van der Waals surface area contributed by atoms with Gasteiger partial charge in [0.1, 0.15) is 0 Å². The topological polar surface area (TPSA) is 67.9 Å². The van der Waals surface area contributed by atoms with Gasteiger partial charge in [0, 0.05) is 13.1 Å². The van der Waals surface area contributed by atoms with E-state index in [2.05, 4.69) is 4.90 Å². The number of likely N-dealkylation sites (tertiary alicyclic amines) is 1. The Labute approximate surface area is 158 Å². The maximum Gasteiger partial charge on any atom is 0.270 e. The van der Waals surface area contributed by atoms with Crippen LogP contribution >= 0.6 is 12.2 Å². The van der Waals surface area contributed by atoms with Gasteiger partial charge >= 0.3 is 0 Å². The molecule has 1 aromatic carbocycles. The number of ether oxygens (including phenoxy) is 1. The minimum atomic E-state index is -3.54. The largest absolute Gasteiger partial charge is 0.429 e. The molecule has 26 heavy (non-hydrogen) atoms. The second-order valence-electron chi connectivity index (χ2n) is 6.76. The number of nitrogens with zero attached hydrogens (tertiary/aromatic N) is 3. The zero-order valence-corrected chi connectivity index (χ0v) is 16.2. The zero-order valence-electron chi connectivity index (χ0n) is 14.6. The summed E-state index contributed by atoms with van der Waals surface area (Å²) in [4.78, 5) is 2.99. The van der Waals surface area contributed by atoms with Gasteiger partial charge in [-0.05, 0) is 56.3 Å². The molecule has 7 nitrogen and oxygen atoms in total. The first-order valence-corrected chi connectivity index (χ1v) is 10.8. The lowest BCUT2D eigenvalue weighted by atomic mass is 10.1. The van der Waals surface area contributed by atoms with Crippen molar-refractivity contribution in [2.24, 2.45) is 0 Å². The summed E-state index contributed by atoms with van der Waals surface area (Å²) in [6.07, 6.45) is 3.62. The summed E-state index contributed by atoms with van der Waals surface area (Å²) >= 11 is 5.38. The van der Waals surface area contributed by atoms with Gasteiger partial charge in [-0.15, -0.1) is 0 Å². The third kappa shape index (κ3) is 3.46. The van der Waals surface area contributed by atoms with E-state index in [1.54, 1.807) is 18.2 Å². The standard InChI is InChI=1S/C17H23N3O4S2/c21-26(22,19-8-10-23-11-9-19)14-4-5-16-15(12-14)20(17(25)24-16)13-18-6-2-1-3-7-18/h4-5,12H,1-3,6-11,13H2. The lowest BCUT2D eigenvalue weighted by Crippen LogP contribution is -2.40. The summed E-state index contributed by atoms with van der Waals surface area (Å²) in [6, 6.07) is 4.98. The first kappa shape index (κ1) is 18.1. The van der Waals surface area contributed by atoms with E-state index in [4.69, 9.17) is 21.4 Å². The molecule has 4 rings (SSSR count). The molecule has 2 fully saturated rings. The van der Waals surface area contributed by atoms with Gasteiger partial charge in [0.25, 0.3) is 4.84 Å². The van der Waals surface area contributed by atoms with Crippen LogP contribution in [0.4, 0.5) is 0 Å². The predicted molar refractivity (Wildman–Crippen MR) is 100 cm³/mol. The zero-order chi connectivity index (χ0) is 18.1. The van der Waals surface area contributed by atoms with Crippen LogP contribution in [0.15, 0.2) is 27.5 Å². The van der Waals surface area contributed by atoms with Gasteiger partial charge in [-0.1, -0.05) is 6.42 Å². The van der Waals surface area contributed by atoms with Crippen molar-refractivity contribution < 1.29 is 17.6 Å². The average Bonchev–Trinajstić information content (AvgIpc) is 2.98. The molecule has 0 saturated carbocycles. The van der Waals surface area contributed by atoms with Crippen molar-refractivity contribution >= 4 is 33.3 Å². The quantitative estimate of drug-likeness (QED) is 0.738. The fourth-order valence-electron chi connectivity index (χ4n) is 3.57. The molecule has 2 aliphatic rings. The van der Waals surface area contributed by atoms with Crippen molar-refractivity contribution in [1.29, 1.82) is 0 Å². The van der Waals surface area contributed by atoms with Crippen LogP contribution in [0.3, 0.4) is 0 Å². The summed E-state index contributed by atoms with van der Waals surface area (Å²) in [5.41, 5.74) is 1.35. The molecule has 0 radical (unpaired) electrons. The first-order valence-electron chi connectivity index (χ1n) is 8.99. The fraction of sp³-hybridized carbons (Fsp3) is 0.588. The Morgan fingerprint density at radius 2 is 1.77 bits per heavy atom. The molecule has 2 aromatic rings. The Hall–Kier alpha value is -1.26. The summed E-state index contributed by atoms with van der Waals surface area (Å²) in [6.45, 7) is 4.31. The van der Waals surface area contributed by atoms with Crippen LogP contribution in [0.25, 0.3) is 11.1 Å². The highest BCUT2D eigenvalue weighted by Crippen LogP contribution is 2.25. The van der Waals surface area contributed by atoms with Crippen LogP contribution in [-0.4, -0.2) is 61.6 Å². The molecular formula is C17H23N3O4S2. The van der Waals surface area contributed by atoms with Crippen molar-refractivity contribution in [2.45, 2.75) is 30.8 Å². The predicted octanol–water partition coefficient (Wildman–Crippen LogP) is 2.43. The average molecular weight is 398 g/mol. The van der Waals surface area contributed by atoms with Gasteiger partial charge in [-0.2, -0.15) is 4.31 Å². The van der Waals surface area contributed by atoms with Crippen molar-refractivity contribution in [3.63, 3.8) is 0 Å². The van der Waals surface area contributed by atoms with Crippen LogP contribution in [0.2, 0.25) is 0 Å². The van der Waals surface area contributed by atoms with Crippen LogP contribution in [0.5, 0.6) is 0 Å². The lowest BCUT2D eigenvalue weighted by Gasteiger charge is -2.27. The van der Waals surface area contributed by atoms with Crippen molar-refractivity contribution in [3.05, 3.63) is 23.0 Å². The minimum Gasteiger partial charge on any atom is -0.429 e. The summed E-state index contributed by atoms with van der Waals surface area (Å²) in [5.74, 6) is 0. The highest BCUT2D eigenvalue weighted by atomic mass is 32.2. The van der Waals surface area contributed by atoms with Crippen LogP contribution < -0.4 is 0 Å². The van der Waals surface area contributed by atoms with Gasteiger partial charge in [-0.25, -0.2) is 8.42 Å². The number of hydrogen-bond acceptors (Lipinski definition) is 6. The molecule has 0 aliphatic carbocycles. The number of morpholine rings is 1. The van der Waals surface area contributed by atoms with Gasteiger partial charge in [0.05, 0.1) is 30.3 Å². The molecule has 0 amide bonds. The summed E-state index contributed by atoms with van der Waals surface area (Å²) in [5, 5.41) is 0. The molecule has 2 aliphatic heterocycles. The number of sulfonamides is 1. The Balaban J connectivity index is 1.69.